The minimum Gasteiger partial charge on any atom is -0.488 e. The van der Waals surface area contributed by atoms with Gasteiger partial charge in [-0.05, 0) is 37.1 Å². The van der Waals surface area contributed by atoms with Crippen molar-refractivity contribution >= 4 is 18.0 Å². The Labute approximate surface area is 120 Å². The first-order chi connectivity index (χ1) is 10.1. The molecule has 2 heterocycles. The first kappa shape index (κ1) is 13.6. The van der Waals surface area contributed by atoms with Crippen LogP contribution in [0.15, 0.2) is 23.8 Å². The SMILES string of the molecule is O=C(O)[C@H]1CCCN1C(=O)C1=Cc2cc(F)ccc2OC1. The number of fused-ring (bicyclic) bond motifs is 1. The first-order valence-corrected chi connectivity index (χ1v) is 6.73. The normalized spacial score (nSPS) is 20.5. The topological polar surface area (TPSA) is 66.8 Å². The van der Waals surface area contributed by atoms with Crippen LogP contribution < -0.4 is 4.74 Å². The molecule has 21 heavy (non-hydrogen) atoms. The van der Waals surface area contributed by atoms with E-state index < -0.39 is 17.8 Å². The Morgan fingerprint density at radius 1 is 1.38 bits per heavy atom. The average Bonchev–Trinajstić information content (AvgIpc) is 2.95. The number of nitrogens with zero attached hydrogens (tertiary/aromatic N) is 1. The second-order valence-corrected chi connectivity index (χ2v) is 5.14. The molecule has 1 fully saturated rings. The van der Waals surface area contributed by atoms with E-state index in [1.165, 1.54) is 23.1 Å². The lowest BCUT2D eigenvalue weighted by Crippen LogP contribution is -2.42. The molecule has 2 aliphatic rings. The summed E-state index contributed by atoms with van der Waals surface area (Å²) < 4.78 is 18.7. The molecule has 0 aromatic heterocycles. The lowest BCUT2D eigenvalue weighted by Gasteiger charge is -2.25. The van der Waals surface area contributed by atoms with Crippen LogP contribution in [0.3, 0.4) is 0 Å². The fourth-order valence-electron chi connectivity index (χ4n) is 2.72. The second kappa shape index (κ2) is 5.20. The van der Waals surface area contributed by atoms with E-state index in [0.29, 0.717) is 36.3 Å². The Hall–Kier alpha value is -2.37. The number of hydrogen-bond donors (Lipinski definition) is 1. The van der Waals surface area contributed by atoms with Crippen LogP contribution in [-0.2, 0) is 9.59 Å². The summed E-state index contributed by atoms with van der Waals surface area (Å²) >= 11 is 0. The molecule has 3 rings (SSSR count). The monoisotopic (exact) mass is 291 g/mol. The molecule has 110 valence electrons. The maximum absolute atomic E-state index is 13.2. The molecule has 0 radical (unpaired) electrons. The van der Waals surface area contributed by atoms with Gasteiger partial charge in [-0.1, -0.05) is 0 Å². The zero-order chi connectivity index (χ0) is 15.0. The van der Waals surface area contributed by atoms with Gasteiger partial charge in [0.25, 0.3) is 5.91 Å². The first-order valence-electron chi connectivity index (χ1n) is 6.73. The van der Waals surface area contributed by atoms with Crippen LogP contribution in [0.25, 0.3) is 6.08 Å². The summed E-state index contributed by atoms with van der Waals surface area (Å²) in [6.45, 7) is 0.490. The molecule has 1 atom stereocenters. The number of carboxylic acids is 1. The van der Waals surface area contributed by atoms with Crippen molar-refractivity contribution in [3.8, 4) is 5.75 Å². The van der Waals surface area contributed by atoms with Crippen LogP contribution in [0.2, 0.25) is 0 Å². The maximum Gasteiger partial charge on any atom is 0.326 e. The molecule has 1 saturated heterocycles. The zero-order valence-corrected chi connectivity index (χ0v) is 11.2. The standard InChI is InChI=1S/C15H14FNO4/c16-11-3-4-13-9(7-11)6-10(8-21-13)14(18)17-5-1-2-12(17)15(19)20/h3-4,6-7,12H,1-2,5,8H2,(H,19,20)/t12-/m1/s1. The largest absolute Gasteiger partial charge is 0.488 e. The van der Waals surface area contributed by atoms with Gasteiger partial charge in [-0.3, -0.25) is 4.79 Å². The number of carboxylic acid groups (broad SMARTS) is 1. The van der Waals surface area contributed by atoms with Crippen molar-refractivity contribution in [1.29, 1.82) is 0 Å². The van der Waals surface area contributed by atoms with Gasteiger partial charge in [0.15, 0.2) is 0 Å². The molecule has 2 aliphatic heterocycles. The number of halogens is 1. The Morgan fingerprint density at radius 3 is 2.95 bits per heavy atom. The summed E-state index contributed by atoms with van der Waals surface area (Å²) in [4.78, 5) is 24.9. The highest BCUT2D eigenvalue weighted by Gasteiger charge is 2.35. The molecule has 1 aromatic rings. The smallest absolute Gasteiger partial charge is 0.326 e. The van der Waals surface area contributed by atoms with E-state index in [1.54, 1.807) is 6.08 Å². The fourth-order valence-corrected chi connectivity index (χ4v) is 2.72. The lowest BCUT2D eigenvalue weighted by molar-refractivity contribution is -0.147. The molecule has 0 saturated carbocycles. The van der Waals surface area contributed by atoms with Gasteiger partial charge in [0, 0.05) is 12.1 Å². The van der Waals surface area contributed by atoms with Crippen LogP contribution in [0.5, 0.6) is 5.75 Å². The Balaban J connectivity index is 1.87. The van der Waals surface area contributed by atoms with Crippen LogP contribution >= 0.6 is 0 Å². The lowest BCUT2D eigenvalue weighted by atomic mass is 10.1. The van der Waals surface area contributed by atoms with Gasteiger partial charge < -0.3 is 14.7 Å². The Morgan fingerprint density at radius 2 is 2.19 bits per heavy atom. The van der Waals surface area contributed by atoms with Crippen molar-refractivity contribution < 1.29 is 23.8 Å². The molecule has 1 aromatic carbocycles. The maximum atomic E-state index is 13.2. The molecule has 1 amide bonds. The summed E-state index contributed by atoms with van der Waals surface area (Å²) in [7, 11) is 0. The third-order valence-electron chi connectivity index (χ3n) is 3.76. The third-order valence-corrected chi connectivity index (χ3v) is 3.76. The highest BCUT2D eigenvalue weighted by atomic mass is 19.1. The van der Waals surface area contributed by atoms with Crippen molar-refractivity contribution in [2.24, 2.45) is 0 Å². The number of ether oxygens (including phenoxy) is 1. The number of aliphatic carboxylic acids is 1. The molecular formula is C15H14FNO4. The van der Waals surface area contributed by atoms with Crippen LogP contribution in [-0.4, -0.2) is 41.1 Å². The minimum atomic E-state index is -0.996. The van der Waals surface area contributed by atoms with Crippen LogP contribution in [0.1, 0.15) is 18.4 Å². The van der Waals surface area contributed by atoms with Gasteiger partial charge >= 0.3 is 5.97 Å². The predicted molar refractivity (Wildman–Crippen MR) is 72.2 cm³/mol. The number of carbonyl (C=O) groups is 2. The van der Waals surface area contributed by atoms with E-state index in [-0.39, 0.29) is 12.5 Å². The number of hydrogen-bond acceptors (Lipinski definition) is 3. The average molecular weight is 291 g/mol. The molecule has 0 bridgehead atoms. The summed E-state index contributed by atoms with van der Waals surface area (Å²) in [6, 6.07) is 3.31. The van der Waals surface area contributed by atoms with Gasteiger partial charge in [0.05, 0.1) is 5.57 Å². The van der Waals surface area contributed by atoms with Crippen LogP contribution in [0.4, 0.5) is 4.39 Å². The Bertz CT molecular complexity index is 641. The quantitative estimate of drug-likeness (QED) is 0.900. The van der Waals surface area contributed by atoms with Gasteiger partial charge in [-0.2, -0.15) is 0 Å². The second-order valence-electron chi connectivity index (χ2n) is 5.14. The van der Waals surface area contributed by atoms with Crippen molar-refractivity contribution in [2.75, 3.05) is 13.2 Å². The molecule has 6 heteroatoms. The minimum absolute atomic E-state index is 0.0697. The number of benzene rings is 1. The van der Waals surface area contributed by atoms with E-state index in [0.717, 1.165) is 0 Å². The molecular weight excluding hydrogens is 277 g/mol. The number of carbonyl (C=O) groups excluding carboxylic acids is 1. The molecule has 1 N–H and O–H groups in total. The van der Waals surface area contributed by atoms with E-state index in [1.807, 2.05) is 0 Å². The third kappa shape index (κ3) is 2.49. The van der Waals surface area contributed by atoms with Crippen molar-refractivity contribution in [2.45, 2.75) is 18.9 Å². The Kier molecular flexibility index (Phi) is 3.37. The van der Waals surface area contributed by atoms with E-state index >= 15 is 0 Å². The molecule has 0 unspecified atom stereocenters. The van der Waals surface area contributed by atoms with Gasteiger partial charge in [0.1, 0.15) is 24.2 Å². The molecule has 5 nitrogen and oxygen atoms in total. The highest BCUT2D eigenvalue weighted by molar-refractivity contribution is 6.01. The van der Waals surface area contributed by atoms with Crippen molar-refractivity contribution in [1.82, 2.24) is 4.90 Å². The van der Waals surface area contributed by atoms with E-state index in [4.69, 9.17) is 9.84 Å². The zero-order valence-electron chi connectivity index (χ0n) is 11.2. The van der Waals surface area contributed by atoms with Gasteiger partial charge in [-0.25, -0.2) is 9.18 Å². The molecule has 0 aliphatic carbocycles. The summed E-state index contributed by atoms with van der Waals surface area (Å²) in [5.41, 5.74) is 0.844. The van der Waals surface area contributed by atoms with Gasteiger partial charge in [0.2, 0.25) is 0 Å². The summed E-state index contributed by atoms with van der Waals surface area (Å²) in [6.07, 6.45) is 2.70. The van der Waals surface area contributed by atoms with E-state index in [9.17, 15) is 14.0 Å². The molecule has 0 spiro atoms. The van der Waals surface area contributed by atoms with E-state index in [2.05, 4.69) is 0 Å². The van der Waals surface area contributed by atoms with Crippen LogP contribution in [0, 0.1) is 5.82 Å². The van der Waals surface area contributed by atoms with Gasteiger partial charge in [-0.15, -0.1) is 0 Å². The predicted octanol–water partition coefficient (Wildman–Crippen LogP) is 1.68. The fraction of sp³-hybridized carbons (Fsp3) is 0.333. The van der Waals surface area contributed by atoms with Crippen molar-refractivity contribution in [3.63, 3.8) is 0 Å². The van der Waals surface area contributed by atoms with Crippen molar-refractivity contribution in [3.05, 3.63) is 35.2 Å². The number of rotatable bonds is 2. The highest BCUT2D eigenvalue weighted by Crippen LogP contribution is 2.29. The number of amides is 1. The number of likely N-dealkylation sites (tertiary alicyclic amines) is 1. The summed E-state index contributed by atoms with van der Waals surface area (Å²) in [5, 5.41) is 9.13. The summed E-state index contributed by atoms with van der Waals surface area (Å²) in [5.74, 6) is -1.24.